The number of carboxylic acids is 1. The SMILES string of the molecule is C=C/C(C)=C(\C(C(=O)O)=C(/C)[N+](=O)[O-])[N+](=O)[O-]. The van der Waals surface area contributed by atoms with Gasteiger partial charge in [0.05, 0.1) is 9.85 Å². The molecule has 0 fully saturated rings. The average Bonchev–Trinajstić information content (AvgIpc) is 2.22. The molecule has 0 bridgehead atoms. The first-order valence-electron chi connectivity index (χ1n) is 4.30. The van der Waals surface area contributed by atoms with E-state index in [4.69, 9.17) is 5.11 Å². The fourth-order valence-electron chi connectivity index (χ4n) is 1.05. The lowest BCUT2D eigenvalue weighted by molar-refractivity contribution is -0.436. The van der Waals surface area contributed by atoms with Crippen molar-refractivity contribution in [3.63, 3.8) is 0 Å². The molecule has 0 aromatic heterocycles. The third kappa shape index (κ3) is 3.23. The van der Waals surface area contributed by atoms with E-state index in [1.807, 2.05) is 0 Å². The zero-order valence-electron chi connectivity index (χ0n) is 9.17. The van der Waals surface area contributed by atoms with E-state index < -0.39 is 32.8 Å². The van der Waals surface area contributed by atoms with E-state index in [-0.39, 0.29) is 5.57 Å². The van der Waals surface area contributed by atoms with E-state index in [2.05, 4.69) is 6.58 Å². The Morgan fingerprint density at radius 3 is 1.94 bits per heavy atom. The van der Waals surface area contributed by atoms with Gasteiger partial charge in [-0.2, -0.15) is 0 Å². The fraction of sp³-hybridized carbons (Fsp3) is 0.222. The largest absolute Gasteiger partial charge is 0.477 e. The zero-order chi connectivity index (χ0) is 13.7. The molecule has 0 aromatic rings. The molecular weight excluding hydrogens is 232 g/mol. The molecule has 0 spiro atoms. The summed E-state index contributed by atoms with van der Waals surface area (Å²) in [5.74, 6) is -1.73. The summed E-state index contributed by atoms with van der Waals surface area (Å²) in [4.78, 5) is 30.2. The first-order valence-corrected chi connectivity index (χ1v) is 4.30. The van der Waals surface area contributed by atoms with Crippen molar-refractivity contribution >= 4 is 5.97 Å². The van der Waals surface area contributed by atoms with Crippen LogP contribution in [0.15, 0.2) is 35.2 Å². The second-order valence-corrected chi connectivity index (χ2v) is 3.02. The van der Waals surface area contributed by atoms with Crippen LogP contribution in [-0.2, 0) is 4.79 Å². The second kappa shape index (κ2) is 5.54. The number of rotatable bonds is 5. The second-order valence-electron chi connectivity index (χ2n) is 3.02. The topological polar surface area (TPSA) is 124 Å². The Hall–Kier alpha value is -2.51. The average molecular weight is 242 g/mol. The van der Waals surface area contributed by atoms with E-state index in [1.165, 1.54) is 6.92 Å². The van der Waals surface area contributed by atoms with Crippen LogP contribution in [0.3, 0.4) is 0 Å². The molecule has 8 heteroatoms. The van der Waals surface area contributed by atoms with E-state index in [1.54, 1.807) is 0 Å². The van der Waals surface area contributed by atoms with Crippen molar-refractivity contribution in [1.82, 2.24) is 0 Å². The molecule has 0 aliphatic rings. The van der Waals surface area contributed by atoms with Gasteiger partial charge in [0.1, 0.15) is 0 Å². The van der Waals surface area contributed by atoms with Gasteiger partial charge < -0.3 is 5.11 Å². The Labute approximate surface area is 95.9 Å². The number of hydrogen-bond acceptors (Lipinski definition) is 5. The van der Waals surface area contributed by atoms with Crippen LogP contribution in [0.1, 0.15) is 13.8 Å². The highest BCUT2D eigenvalue weighted by Gasteiger charge is 2.33. The maximum absolute atomic E-state index is 10.9. The van der Waals surface area contributed by atoms with Crippen molar-refractivity contribution in [2.45, 2.75) is 13.8 Å². The van der Waals surface area contributed by atoms with Gasteiger partial charge in [-0.1, -0.05) is 12.7 Å². The molecule has 17 heavy (non-hydrogen) atoms. The number of nitrogens with zero attached hydrogens (tertiary/aromatic N) is 2. The standard InChI is InChI=1S/C9H10N2O6/c1-4-5(2)8(11(16)17)7(9(12)13)6(3)10(14)15/h4H,1H2,2-3H3,(H,12,13)/b7-6-,8-5+. The molecule has 0 aliphatic carbocycles. The van der Waals surface area contributed by atoms with Gasteiger partial charge in [-0.15, -0.1) is 0 Å². The quantitative estimate of drug-likeness (QED) is 0.336. The minimum absolute atomic E-state index is 0.0615. The molecule has 0 aromatic carbocycles. The summed E-state index contributed by atoms with van der Waals surface area (Å²) in [6.07, 6.45) is 1.06. The summed E-state index contributed by atoms with van der Waals surface area (Å²) in [5, 5.41) is 30.1. The number of carboxylic acid groups (broad SMARTS) is 1. The van der Waals surface area contributed by atoms with Gasteiger partial charge in [-0.3, -0.25) is 20.2 Å². The van der Waals surface area contributed by atoms with Crippen molar-refractivity contribution < 1.29 is 19.7 Å². The molecule has 0 unspecified atom stereocenters. The van der Waals surface area contributed by atoms with Gasteiger partial charge in [0.25, 0.3) is 11.4 Å². The lowest BCUT2D eigenvalue weighted by atomic mass is 10.1. The Kier molecular flexibility index (Phi) is 4.72. The Morgan fingerprint density at radius 1 is 1.24 bits per heavy atom. The molecule has 0 heterocycles. The van der Waals surface area contributed by atoms with Gasteiger partial charge in [0, 0.05) is 12.5 Å². The van der Waals surface area contributed by atoms with Crippen molar-refractivity contribution in [3.05, 3.63) is 55.4 Å². The van der Waals surface area contributed by atoms with Crippen molar-refractivity contribution in [2.75, 3.05) is 0 Å². The van der Waals surface area contributed by atoms with Gasteiger partial charge in [-0.25, -0.2) is 4.79 Å². The van der Waals surface area contributed by atoms with Crippen LogP contribution >= 0.6 is 0 Å². The summed E-state index contributed by atoms with van der Waals surface area (Å²) < 4.78 is 0. The van der Waals surface area contributed by atoms with Crippen molar-refractivity contribution in [2.24, 2.45) is 0 Å². The monoisotopic (exact) mass is 242 g/mol. The molecule has 0 radical (unpaired) electrons. The Balaban J connectivity index is 6.23. The lowest BCUT2D eigenvalue weighted by Gasteiger charge is -2.02. The molecule has 0 saturated carbocycles. The van der Waals surface area contributed by atoms with Crippen molar-refractivity contribution in [3.8, 4) is 0 Å². The zero-order valence-corrected chi connectivity index (χ0v) is 9.17. The van der Waals surface area contributed by atoms with Gasteiger partial charge in [0.15, 0.2) is 0 Å². The van der Waals surface area contributed by atoms with Crippen molar-refractivity contribution in [1.29, 1.82) is 0 Å². The van der Waals surface area contributed by atoms with Crippen LogP contribution in [0.2, 0.25) is 0 Å². The predicted octanol–water partition coefficient (Wildman–Crippen LogP) is 1.36. The number of aliphatic carboxylic acids is 1. The first-order chi connectivity index (χ1) is 7.73. The number of carbonyl (C=O) groups is 1. The molecule has 92 valence electrons. The molecule has 0 amide bonds. The van der Waals surface area contributed by atoms with Crippen LogP contribution in [0.4, 0.5) is 0 Å². The molecule has 0 aliphatic heterocycles. The number of allylic oxidation sites excluding steroid dienone is 3. The molecule has 1 N–H and O–H groups in total. The molecular formula is C9H10N2O6. The lowest BCUT2D eigenvalue weighted by Crippen LogP contribution is -2.16. The third-order valence-corrected chi connectivity index (χ3v) is 1.95. The summed E-state index contributed by atoms with van der Waals surface area (Å²) in [5.41, 5.74) is -2.64. The van der Waals surface area contributed by atoms with Crippen LogP contribution in [0.5, 0.6) is 0 Å². The third-order valence-electron chi connectivity index (χ3n) is 1.95. The highest BCUT2D eigenvalue weighted by molar-refractivity contribution is 5.91. The van der Waals surface area contributed by atoms with E-state index in [0.29, 0.717) is 0 Å². The molecule has 0 atom stereocenters. The number of nitro groups is 2. The fourth-order valence-corrected chi connectivity index (χ4v) is 1.05. The van der Waals surface area contributed by atoms with Gasteiger partial charge in [-0.05, 0) is 6.92 Å². The normalized spacial score (nSPS) is 13.3. The predicted molar refractivity (Wildman–Crippen MR) is 57.2 cm³/mol. The smallest absolute Gasteiger partial charge is 0.349 e. The number of hydrogen-bond donors (Lipinski definition) is 1. The summed E-state index contributed by atoms with van der Waals surface area (Å²) in [6.45, 7) is 5.41. The van der Waals surface area contributed by atoms with Crippen LogP contribution in [0, 0.1) is 20.2 Å². The summed E-state index contributed by atoms with van der Waals surface area (Å²) in [6, 6.07) is 0. The van der Waals surface area contributed by atoms with Crippen LogP contribution in [0.25, 0.3) is 0 Å². The summed E-state index contributed by atoms with van der Waals surface area (Å²) in [7, 11) is 0. The van der Waals surface area contributed by atoms with Crippen LogP contribution < -0.4 is 0 Å². The van der Waals surface area contributed by atoms with Crippen LogP contribution in [-0.4, -0.2) is 20.9 Å². The highest BCUT2D eigenvalue weighted by Crippen LogP contribution is 2.20. The highest BCUT2D eigenvalue weighted by atomic mass is 16.6. The Morgan fingerprint density at radius 2 is 1.71 bits per heavy atom. The molecule has 8 nitrogen and oxygen atoms in total. The maximum Gasteiger partial charge on any atom is 0.349 e. The molecule has 0 rings (SSSR count). The minimum atomic E-state index is -1.73. The minimum Gasteiger partial charge on any atom is -0.477 e. The van der Waals surface area contributed by atoms with Gasteiger partial charge in [0.2, 0.25) is 5.57 Å². The van der Waals surface area contributed by atoms with E-state index >= 15 is 0 Å². The Bertz CT molecular complexity index is 460. The van der Waals surface area contributed by atoms with Gasteiger partial charge >= 0.3 is 5.97 Å². The summed E-state index contributed by atoms with van der Waals surface area (Å²) >= 11 is 0. The molecule has 0 saturated heterocycles. The maximum atomic E-state index is 10.9. The first kappa shape index (κ1) is 14.5. The van der Waals surface area contributed by atoms with E-state index in [0.717, 1.165) is 13.0 Å². The van der Waals surface area contributed by atoms with E-state index in [9.17, 15) is 25.0 Å².